The van der Waals surface area contributed by atoms with Crippen LogP contribution < -0.4 is 5.32 Å². The van der Waals surface area contributed by atoms with Crippen molar-refractivity contribution in [3.05, 3.63) is 69.2 Å². The zero-order valence-electron chi connectivity index (χ0n) is 14.6. The van der Waals surface area contributed by atoms with Crippen LogP contribution in [0.15, 0.2) is 48.7 Å². The molecule has 0 bridgehead atoms. The molecule has 0 radical (unpaired) electrons. The van der Waals surface area contributed by atoms with Crippen LogP contribution in [0.25, 0.3) is 11.3 Å². The molecule has 5 heteroatoms. The Bertz CT molecular complexity index is 954. The van der Waals surface area contributed by atoms with Gasteiger partial charge in [-0.3, -0.25) is 4.79 Å². The van der Waals surface area contributed by atoms with E-state index >= 15 is 0 Å². The highest BCUT2D eigenvalue weighted by Crippen LogP contribution is 2.25. The summed E-state index contributed by atoms with van der Waals surface area (Å²) in [5.41, 5.74) is 4.60. The molecular formula is C21H20IN3O. The average molecular weight is 457 g/mol. The molecule has 132 valence electrons. The Labute approximate surface area is 166 Å². The summed E-state index contributed by atoms with van der Waals surface area (Å²) in [5.74, 6) is 1.08. The number of hydrogen-bond donors (Lipinski definition) is 1. The SMILES string of the molecule is Cc1cccc(C(=O)Nc2cccc(-c3cn4c(n3)CCCC4)c2)c1I. The van der Waals surface area contributed by atoms with Crippen molar-refractivity contribution in [1.82, 2.24) is 9.55 Å². The summed E-state index contributed by atoms with van der Waals surface area (Å²) in [7, 11) is 0. The van der Waals surface area contributed by atoms with Crippen LogP contribution in [-0.4, -0.2) is 15.5 Å². The van der Waals surface area contributed by atoms with Gasteiger partial charge in [-0.15, -0.1) is 0 Å². The number of imidazole rings is 1. The standard InChI is InChI=1S/C21H20IN3O/c1-14-6-4-9-17(20(14)22)21(26)23-16-8-5-7-15(12-16)18-13-25-11-3-2-10-19(25)24-18/h4-9,12-13H,2-3,10-11H2,1H3,(H,23,26). The third kappa shape index (κ3) is 3.40. The van der Waals surface area contributed by atoms with E-state index in [0.717, 1.165) is 44.9 Å². The number of amides is 1. The minimum absolute atomic E-state index is 0.0839. The molecule has 26 heavy (non-hydrogen) atoms. The van der Waals surface area contributed by atoms with Crippen LogP contribution in [-0.2, 0) is 13.0 Å². The Morgan fingerprint density at radius 1 is 1.19 bits per heavy atom. The smallest absolute Gasteiger partial charge is 0.256 e. The lowest BCUT2D eigenvalue weighted by atomic mass is 10.1. The fourth-order valence-corrected chi connectivity index (χ4v) is 3.93. The number of fused-ring (bicyclic) bond motifs is 1. The van der Waals surface area contributed by atoms with Crippen molar-refractivity contribution in [3.8, 4) is 11.3 Å². The van der Waals surface area contributed by atoms with Gasteiger partial charge in [-0.05, 0) is 66.1 Å². The Morgan fingerprint density at radius 2 is 2.04 bits per heavy atom. The van der Waals surface area contributed by atoms with Crippen molar-refractivity contribution in [2.24, 2.45) is 0 Å². The van der Waals surface area contributed by atoms with Gasteiger partial charge in [-0.1, -0.05) is 24.3 Å². The fourth-order valence-electron chi connectivity index (χ4n) is 3.33. The number of aromatic nitrogens is 2. The van der Waals surface area contributed by atoms with Gasteiger partial charge in [-0.2, -0.15) is 0 Å². The first kappa shape index (κ1) is 17.3. The highest BCUT2D eigenvalue weighted by Gasteiger charge is 2.15. The van der Waals surface area contributed by atoms with Gasteiger partial charge in [0.1, 0.15) is 5.82 Å². The number of hydrogen-bond acceptors (Lipinski definition) is 2. The fraction of sp³-hybridized carbons (Fsp3) is 0.238. The molecule has 0 atom stereocenters. The van der Waals surface area contributed by atoms with Crippen molar-refractivity contribution in [2.75, 3.05) is 5.32 Å². The van der Waals surface area contributed by atoms with Gasteiger partial charge in [0.2, 0.25) is 0 Å². The van der Waals surface area contributed by atoms with E-state index in [1.807, 2.05) is 49.4 Å². The number of carbonyl (C=O) groups excluding carboxylic acids is 1. The van der Waals surface area contributed by atoms with Crippen LogP contribution in [0.4, 0.5) is 5.69 Å². The highest BCUT2D eigenvalue weighted by atomic mass is 127. The van der Waals surface area contributed by atoms with Gasteiger partial charge < -0.3 is 9.88 Å². The van der Waals surface area contributed by atoms with Gasteiger partial charge in [-0.25, -0.2) is 4.98 Å². The molecule has 2 heterocycles. The van der Waals surface area contributed by atoms with Crippen molar-refractivity contribution in [2.45, 2.75) is 32.7 Å². The Balaban J connectivity index is 1.59. The third-order valence-corrected chi connectivity index (χ3v) is 6.19. The summed E-state index contributed by atoms with van der Waals surface area (Å²) >= 11 is 2.23. The molecule has 0 unspecified atom stereocenters. The molecule has 1 aromatic heterocycles. The van der Waals surface area contributed by atoms with E-state index < -0.39 is 0 Å². The zero-order valence-corrected chi connectivity index (χ0v) is 16.8. The molecule has 0 saturated heterocycles. The van der Waals surface area contributed by atoms with Crippen molar-refractivity contribution in [1.29, 1.82) is 0 Å². The maximum Gasteiger partial charge on any atom is 0.256 e. The van der Waals surface area contributed by atoms with E-state index in [0.29, 0.717) is 5.56 Å². The second-order valence-electron chi connectivity index (χ2n) is 6.66. The van der Waals surface area contributed by atoms with E-state index in [9.17, 15) is 4.79 Å². The summed E-state index contributed by atoms with van der Waals surface area (Å²) in [6.45, 7) is 3.06. The molecule has 0 aliphatic carbocycles. The largest absolute Gasteiger partial charge is 0.334 e. The van der Waals surface area contributed by atoms with E-state index in [4.69, 9.17) is 4.98 Å². The van der Waals surface area contributed by atoms with Crippen molar-refractivity contribution >= 4 is 34.2 Å². The normalized spacial score (nSPS) is 13.3. The molecule has 2 aromatic carbocycles. The molecule has 0 spiro atoms. The number of halogens is 1. The second kappa shape index (κ2) is 7.23. The second-order valence-corrected chi connectivity index (χ2v) is 7.74. The summed E-state index contributed by atoms with van der Waals surface area (Å²) in [6.07, 6.45) is 5.59. The number of nitrogens with one attached hydrogen (secondary N) is 1. The molecule has 1 amide bonds. The van der Waals surface area contributed by atoms with Crippen LogP contribution in [0.2, 0.25) is 0 Å². The van der Waals surface area contributed by atoms with E-state index in [2.05, 4.69) is 38.7 Å². The van der Waals surface area contributed by atoms with E-state index in [1.165, 1.54) is 12.8 Å². The molecule has 0 fully saturated rings. The number of carbonyl (C=O) groups is 1. The molecule has 4 rings (SSSR count). The van der Waals surface area contributed by atoms with Gasteiger partial charge in [0.15, 0.2) is 0 Å². The molecule has 1 aliphatic heterocycles. The predicted molar refractivity (Wildman–Crippen MR) is 112 cm³/mol. The van der Waals surface area contributed by atoms with Crippen LogP contribution in [0.1, 0.15) is 34.6 Å². The summed E-state index contributed by atoms with van der Waals surface area (Å²) in [5, 5.41) is 3.02. The molecule has 1 N–H and O–H groups in total. The van der Waals surface area contributed by atoms with Crippen LogP contribution >= 0.6 is 22.6 Å². The summed E-state index contributed by atoms with van der Waals surface area (Å²) in [6, 6.07) is 13.7. The van der Waals surface area contributed by atoms with Gasteiger partial charge in [0.05, 0.1) is 11.3 Å². The molecular weight excluding hydrogens is 437 g/mol. The molecule has 1 aliphatic rings. The number of rotatable bonds is 3. The first-order chi connectivity index (χ1) is 12.6. The van der Waals surface area contributed by atoms with E-state index in [-0.39, 0.29) is 5.91 Å². The van der Waals surface area contributed by atoms with Crippen LogP contribution in [0, 0.1) is 10.5 Å². The number of nitrogens with zero attached hydrogens (tertiary/aromatic N) is 2. The first-order valence-electron chi connectivity index (χ1n) is 8.85. The predicted octanol–water partition coefficient (Wildman–Crippen LogP) is 5.05. The Morgan fingerprint density at radius 3 is 2.88 bits per heavy atom. The minimum Gasteiger partial charge on any atom is -0.334 e. The number of aryl methyl sites for hydroxylation is 3. The first-order valence-corrected chi connectivity index (χ1v) is 9.92. The Kier molecular flexibility index (Phi) is 4.80. The number of benzene rings is 2. The summed E-state index contributed by atoms with van der Waals surface area (Å²) in [4.78, 5) is 17.4. The van der Waals surface area contributed by atoms with Crippen molar-refractivity contribution < 1.29 is 4.79 Å². The minimum atomic E-state index is -0.0839. The van der Waals surface area contributed by atoms with Crippen LogP contribution in [0.3, 0.4) is 0 Å². The van der Waals surface area contributed by atoms with Crippen molar-refractivity contribution in [3.63, 3.8) is 0 Å². The third-order valence-electron chi connectivity index (χ3n) is 4.76. The van der Waals surface area contributed by atoms with E-state index in [1.54, 1.807) is 0 Å². The quantitative estimate of drug-likeness (QED) is 0.560. The highest BCUT2D eigenvalue weighted by molar-refractivity contribution is 14.1. The lowest BCUT2D eigenvalue weighted by molar-refractivity contribution is 0.102. The maximum absolute atomic E-state index is 12.7. The van der Waals surface area contributed by atoms with Crippen LogP contribution in [0.5, 0.6) is 0 Å². The topological polar surface area (TPSA) is 46.9 Å². The average Bonchev–Trinajstić information content (AvgIpc) is 3.08. The zero-order chi connectivity index (χ0) is 18.1. The molecule has 0 saturated carbocycles. The molecule has 3 aromatic rings. The van der Waals surface area contributed by atoms with Gasteiger partial charge in [0.25, 0.3) is 5.91 Å². The monoisotopic (exact) mass is 457 g/mol. The van der Waals surface area contributed by atoms with Gasteiger partial charge in [0, 0.05) is 34.0 Å². The van der Waals surface area contributed by atoms with Gasteiger partial charge >= 0.3 is 0 Å². The molecule has 4 nitrogen and oxygen atoms in total. The maximum atomic E-state index is 12.7. The lowest BCUT2D eigenvalue weighted by Gasteiger charge is -2.11. The summed E-state index contributed by atoms with van der Waals surface area (Å²) < 4.78 is 3.24. The number of anilines is 1. The Hall–Kier alpha value is -2.15. The lowest BCUT2D eigenvalue weighted by Crippen LogP contribution is -2.13.